The van der Waals surface area contributed by atoms with Crippen LogP contribution in [-0.4, -0.2) is 47.5 Å². The second kappa shape index (κ2) is 12.0. The van der Waals surface area contributed by atoms with Crippen molar-refractivity contribution in [1.82, 2.24) is 15.2 Å². The largest absolute Gasteiger partial charge is 0.484 e. The van der Waals surface area contributed by atoms with E-state index in [0.29, 0.717) is 31.2 Å². The van der Waals surface area contributed by atoms with Crippen LogP contribution in [0.25, 0.3) is 0 Å². The van der Waals surface area contributed by atoms with Gasteiger partial charge >= 0.3 is 0 Å². The van der Waals surface area contributed by atoms with E-state index in [1.54, 1.807) is 0 Å². The minimum Gasteiger partial charge on any atom is -0.484 e. The van der Waals surface area contributed by atoms with Gasteiger partial charge in [-0.15, -0.1) is 0 Å². The number of fused-ring (bicyclic) bond motifs is 1. The summed E-state index contributed by atoms with van der Waals surface area (Å²) in [5.74, 6) is 1.14. The molecule has 3 heterocycles. The molecule has 1 fully saturated rings. The van der Waals surface area contributed by atoms with Crippen molar-refractivity contribution in [3.63, 3.8) is 0 Å². The molecule has 3 aromatic rings. The van der Waals surface area contributed by atoms with Crippen molar-refractivity contribution in [3.05, 3.63) is 82.6 Å². The second-order valence-electron chi connectivity index (χ2n) is 10.9. The number of benzene rings is 2. The average Bonchev–Trinajstić information content (AvgIpc) is 3.62. The Morgan fingerprint density at radius 3 is 2.74 bits per heavy atom. The number of aryl methyl sites for hydroxylation is 1. The molecule has 2 amide bonds. The van der Waals surface area contributed by atoms with Crippen molar-refractivity contribution >= 4 is 11.8 Å². The quantitative estimate of drug-likeness (QED) is 0.418. The van der Waals surface area contributed by atoms with Gasteiger partial charge in [-0.05, 0) is 60.9 Å². The van der Waals surface area contributed by atoms with Gasteiger partial charge in [0.25, 0.3) is 5.91 Å². The molecular formula is C31H37N3O5. The lowest BCUT2D eigenvalue weighted by Crippen LogP contribution is -2.41. The molecule has 206 valence electrons. The molecule has 0 radical (unpaired) electrons. The Morgan fingerprint density at radius 2 is 2.00 bits per heavy atom. The Morgan fingerprint density at radius 1 is 1.18 bits per heavy atom. The average molecular weight is 532 g/mol. The van der Waals surface area contributed by atoms with Crippen molar-refractivity contribution in [1.29, 1.82) is 0 Å². The van der Waals surface area contributed by atoms with Gasteiger partial charge in [0, 0.05) is 26.1 Å². The maximum absolute atomic E-state index is 13.3. The van der Waals surface area contributed by atoms with Gasteiger partial charge in [0.05, 0.1) is 12.1 Å². The topological polar surface area (TPSA) is 93.9 Å². The highest BCUT2D eigenvalue weighted by Gasteiger charge is 2.32. The molecule has 1 N–H and O–H groups in total. The van der Waals surface area contributed by atoms with E-state index in [1.165, 1.54) is 17.4 Å². The number of rotatable bonds is 9. The molecule has 2 aromatic carbocycles. The number of nitrogens with zero attached hydrogens (tertiary/aromatic N) is 2. The van der Waals surface area contributed by atoms with E-state index in [0.717, 1.165) is 37.0 Å². The van der Waals surface area contributed by atoms with Crippen LogP contribution in [-0.2, 0) is 22.6 Å². The molecule has 0 saturated carbocycles. The number of carbonyl (C=O) groups is 2. The predicted molar refractivity (Wildman–Crippen MR) is 146 cm³/mol. The minimum absolute atomic E-state index is 0.0630. The number of hydrogen-bond donors (Lipinski definition) is 1. The lowest BCUT2D eigenvalue weighted by Gasteiger charge is -2.38. The smallest absolute Gasteiger partial charge is 0.273 e. The van der Waals surface area contributed by atoms with Gasteiger partial charge < -0.3 is 24.1 Å². The van der Waals surface area contributed by atoms with Gasteiger partial charge in [-0.25, -0.2) is 4.98 Å². The Hall–Kier alpha value is -3.65. The van der Waals surface area contributed by atoms with Crippen LogP contribution in [0.5, 0.6) is 5.75 Å². The van der Waals surface area contributed by atoms with Crippen LogP contribution >= 0.6 is 0 Å². The summed E-state index contributed by atoms with van der Waals surface area (Å²) >= 11 is 0. The molecule has 8 heteroatoms. The number of hydrogen-bond acceptors (Lipinski definition) is 6. The molecule has 0 bridgehead atoms. The number of oxazole rings is 1. The second-order valence-corrected chi connectivity index (χ2v) is 10.9. The number of ether oxygens (including phenoxy) is 2. The van der Waals surface area contributed by atoms with Crippen molar-refractivity contribution in [2.75, 3.05) is 19.7 Å². The van der Waals surface area contributed by atoms with Crippen molar-refractivity contribution in [2.45, 2.75) is 65.2 Å². The van der Waals surface area contributed by atoms with E-state index in [1.807, 2.05) is 17.0 Å². The molecule has 0 unspecified atom stereocenters. The lowest BCUT2D eigenvalue weighted by atomic mass is 9.87. The predicted octanol–water partition coefficient (Wildman–Crippen LogP) is 4.99. The third-order valence-corrected chi connectivity index (χ3v) is 7.30. The van der Waals surface area contributed by atoms with Gasteiger partial charge in [-0.2, -0.15) is 0 Å². The first-order chi connectivity index (χ1) is 18.9. The normalized spacial score (nSPS) is 18.7. The molecule has 0 spiro atoms. The highest BCUT2D eigenvalue weighted by Crippen LogP contribution is 2.38. The monoisotopic (exact) mass is 531 g/mol. The maximum Gasteiger partial charge on any atom is 0.273 e. The molecule has 8 nitrogen and oxygen atoms in total. The van der Waals surface area contributed by atoms with Crippen molar-refractivity contribution in [2.24, 2.45) is 5.92 Å². The molecule has 5 rings (SSSR count). The summed E-state index contributed by atoms with van der Waals surface area (Å²) in [6.07, 6.45) is 4.70. The number of aromatic nitrogens is 1. The van der Waals surface area contributed by atoms with E-state index in [-0.39, 0.29) is 42.2 Å². The highest BCUT2D eigenvalue weighted by molar-refractivity contribution is 5.91. The SMILES string of the molecule is Cc1ccc([C@@H]2c3cc(OCc4nc(C(=O)NC[C@H]5CCCO5)co4)ccc3CCN2C(=O)CC(C)C)cc1. The lowest BCUT2D eigenvalue weighted by molar-refractivity contribution is -0.134. The van der Waals surface area contributed by atoms with E-state index < -0.39 is 0 Å². The van der Waals surface area contributed by atoms with Gasteiger partial charge in [-0.3, -0.25) is 9.59 Å². The Kier molecular flexibility index (Phi) is 8.31. The van der Waals surface area contributed by atoms with Crippen molar-refractivity contribution in [3.8, 4) is 5.75 Å². The summed E-state index contributed by atoms with van der Waals surface area (Å²) in [6, 6.07) is 14.3. The van der Waals surface area contributed by atoms with Gasteiger partial charge in [0.1, 0.15) is 12.0 Å². The Labute approximate surface area is 229 Å². The van der Waals surface area contributed by atoms with Crippen LogP contribution in [0.1, 0.15) is 77.8 Å². The molecule has 2 aliphatic rings. The fraction of sp³-hybridized carbons (Fsp3) is 0.452. The summed E-state index contributed by atoms with van der Waals surface area (Å²) in [4.78, 5) is 32.0. The molecule has 2 aliphatic heterocycles. The van der Waals surface area contributed by atoms with E-state index in [4.69, 9.17) is 13.9 Å². The van der Waals surface area contributed by atoms with Gasteiger partial charge in [0.2, 0.25) is 11.8 Å². The molecule has 0 aliphatic carbocycles. The molecule has 39 heavy (non-hydrogen) atoms. The van der Waals surface area contributed by atoms with Gasteiger partial charge in [-0.1, -0.05) is 49.7 Å². The zero-order valence-electron chi connectivity index (χ0n) is 22.9. The zero-order chi connectivity index (χ0) is 27.4. The van der Waals surface area contributed by atoms with Crippen LogP contribution in [0, 0.1) is 12.8 Å². The number of carbonyl (C=O) groups excluding carboxylic acids is 2. The molecule has 1 saturated heterocycles. The third kappa shape index (κ3) is 6.50. The number of amides is 2. The van der Waals surface area contributed by atoms with Crippen LogP contribution < -0.4 is 10.1 Å². The standard InChI is InChI=1S/C31H37N3O5/c1-20(2)15-29(35)34-13-12-22-10-11-24(16-26(22)30(34)23-8-6-21(3)7-9-23)38-19-28-33-27(18-39-28)31(36)32-17-25-5-4-14-37-25/h6-11,16,18,20,25,30H,4-5,12-15,17,19H2,1-3H3,(H,32,36)/t25-,30-/m1/s1. The number of nitrogens with one attached hydrogen (secondary N) is 1. The highest BCUT2D eigenvalue weighted by atomic mass is 16.5. The van der Waals surface area contributed by atoms with Gasteiger partial charge in [0.15, 0.2) is 12.3 Å². The fourth-order valence-corrected chi connectivity index (χ4v) is 5.26. The van der Waals surface area contributed by atoms with E-state index in [2.05, 4.69) is 61.4 Å². The first kappa shape index (κ1) is 26.9. The van der Waals surface area contributed by atoms with E-state index >= 15 is 0 Å². The first-order valence-electron chi connectivity index (χ1n) is 13.8. The van der Waals surface area contributed by atoms with Crippen LogP contribution in [0.3, 0.4) is 0 Å². The summed E-state index contributed by atoms with van der Waals surface area (Å²) in [5, 5.41) is 2.85. The maximum atomic E-state index is 13.3. The fourth-order valence-electron chi connectivity index (χ4n) is 5.26. The molecule has 2 atom stereocenters. The summed E-state index contributed by atoms with van der Waals surface area (Å²) in [7, 11) is 0. The van der Waals surface area contributed by atoms with Crippen LogP contribution in [0.2, 0.25) is 0 Å². The third-order valence-electron chi connectivity index (χ3n) is 7.30. The first-order valence-corrected chi connectivity index (χ1v) is 13.8. The van der Waals surface area contributed by atoms with E-state index in [9.17, 15) is 9.59 Å². The summed E-state index contributed by atoms with van der Waals surface area (Å²) in [5.41, 5.74) is 4.76. The Bertz CT molecular complexity index is 1290. The summed E-state index contributed by atoms with van der Waals surface area (Å²) in [6.45, 7) is 8.19. The van der Waals surface area contributed by atoms with Crippen molar-refractivity contribution < 1.29 is 23.5 Å². The zero-order valence-corrected chi connectivity index (χ0v) is 22.9. The minimum atomic E-state index is -0.290. The molecule has 1 aromatic heterocycles. The van der Waals surface area contributed by atoms with Crippen LogP contribution in [0.15, 0.2) is 53.1 Å². The molecular weight excluding hydrogens is 494 g/mol. The summed E-state index contributed by atoms with van der Waals surface area (Å²) < 4.78 is 17.1. The Balaban J connectivity index is 1.30. The van der Waals surface area contributed by atoms with Crippen LogP contribution in [0.4, 0.5) is 0 Å².